The summed E-state index contributed by atoms with van der Waals surface area (Å²) in [5, 5.41) is 0.596. The van der Waals surface area contributed by atoms with E-state index in [0.29, 0.717) is 28.6 Å². The van der Waals surface area contributed by atoms with E-state index in [1.54, 1.807) is 18.0 Å². The number of anilines is 1. The molecule has 0 bridgehead atoms. The molecular formula is C29H26ClN3O4S. The fourth-order valence-electron chi connectivity index (χ4n) is 4.85. The molecule has 0 N–H and O–H groups in total. The largest absolute Gasteiger partial charge is 0.454 e. The lowest BCUT2D eigenvalue weighted by Crippen LogP contribution is -2.48. The number of piperazine rings is 1. The molecule has 3 heterocycles. The molecule has 194 valence electrons. The first-order valence-corrected chi connectivity index (χ1v) is 13.6. The summed E-state index contributed by atoms with van der Waals surface area (Å²) < 4.78 is 10.9. The Morgan fingerprint density at radius 2 is 1.79 bits per heavy atom. The minimum atomic E-state index is -0.121. The summed E-state index contributed by atoms with van der Waals surface area (Å²) in [4.78, 5) is 33.8. The fourth-order valence-corrected chi connectivity index (χ4v) is 6.12. The highest BCUT2D eigenvalue weighted by Crippen LogP contribution is 2.42. The Labute approximate surface area is 230 Å². The number of nitrogens with zero attached hydrogens (tertiary/aromatic N) is 3. The predicted molar refractivity (Wildman–Crippen MR) is 149 cm³/mol. The zero-order valence-corrected chi connectivity index (χ0v) is 22.4. The van der Waals surface area contributed by atoms with Gasteiger partial charge in [-0.05, 0) is 53.6 Å². The molecule has 2 amide bonds. The lowest BCUT2D eigenvalue weighted by atomic mass is 10.1. The molecule has 3 aromatic carbocycles. The third kappa shape index (κ3) is 4.87. The van der Waals surface area contributed by atoms with Gasteiger partial charge in [-0.2, -0.15) is 0 Å². The monoisotopic (exact) mass is 547 g/mol. The van der Waals surface area contributed by atoms with Gasteiger partial charge in [-0.1, -0.05) is 47.6 Å². The summed E-state index contributed by atoms with van der Waals surface area (Å²) in [6, 6.07) is 19.1. The van der Waals surface area contributed by atoms with Crippen molar-refractivity contribution in [3.8, 4) is 11.5 Å². The Morgan fingerprint density at radius 1 is 1.00 bits per heavy atom. The summed E-state index contributed by atoms with van der Waals surface area (Å²) in [5.74, 6) is 1.44. The number of fused-ring (bicyclic) bond motifs is 2. The normalized spacial score (nSPS) is 18.2. The SMILES string of the molecule is CN1C(=O)/C(=C\c2ccccc2Cl)Sc2ccc(C(=O)N3CCN(Cc4ccc5c(c4)OCO5)CC3)cc21. The van der Waals surface area contributed by atoms with Crippen molar-refractivity contribution in [2.45, 2.75) is 11.4 Å². The van der Waals surface area contributed by atoms with E-state index < -0.39 is 0 Å². The number of carbonyl (C=O) groups excluding carboxylic acids is 2. The third-order valence-corrected chi connectivity index (χ3v) is 8.42. The highest BCUT2D eigenvalue weighted by Gasteiger charge is 2.29. The van der Waals surface area contributed by atoms with Gasteiger partial charge in [0.15, 0.2) is 11.5 Å². The molecule has 3 aliphatic heterocycles. The average molecular weight is 548 g/mol. The standard InChI is InChI=1S/C29H26ClN3O4S/c1-31-23-15-21(7-9-26(23)38-27(29(31)35)16-20-4-2-3-5-22(20)30)28(34)33-12-10-32(11-13-33)17-19-6-8-24-25(14-19)37-18-36-24/h2-9,14-16H,10-13,17-18H2,1H3/b27-16+. The zero-order chi connectivity index (χ0) is 26.2. The van der Waals surface area contributed by atoms with Gasteiger partial charge in [0.2, 0.25) is 6.79 Å². The average Bonchev–Trinajstić information content (AvgIpc) is 3.41. The highest BCUT2D eigenvalue weighted by atomic mass is 35.5. The Morgan fingerprint density at radius 3 is 2.61 bits per heavy atom. The number of halogens is 1. The topological polar surface area (TPSA) is 62.3 Å². The van der Waals surface area contributed by atoms with Crippen LogP contribution in [-0.2, 0) is 11.3 Å². The third-order valence-electron chi connectivity index (χ3n) is 7.00. The maximum absolute atomic E-state index is 13.4. The molecule has 0 saturated carbocycles. The second-order valence-corrected chi connectivity index (χ2v) is 10.9. The number of hydrogen-bond donors (Lipinski definition) is 0. The minimum absolute atomic E-state index is 0.0150. The van der Waals surface area contributed by atoms with E-state index in [0.717, 1.165) is 52.8 Å². The van der Waals surface area contributed by atoms with Crippen molar-refractivity contribution in [2.75, 3.05) is 44.9 Å². The molecule has 6 rings (SSSR count). The van der Waals surface area contributed by atoms with E-state index >= 15 is 0 Å². The molecular weight excluding hydrogens is 522 g/mol. The molecule has 0 spiro atoms. The number of carbonyl (C=O) groups is 2. The van der Waals surface area contributed by atoms with Crippen molar-refractivity contribution in [2.24, 2.45) is 0 Å². The maximum Gasteiger partial charge on any atom is 0.264 e. The van der Waals surface area contributed by atoms with Crippen molar-refractivity contribution in [1.29, 1.82) is 0 Å². The van der Waals surface area contributed by atoms with Crippen molar-refractivity contribution < 1.29 is 19.1 Å². The van der Waals surface area contributed by atoms with Crippen LogP contribution >= 0.6 is 23.4 Å². The number of ether oxygens (including phenoxy) is 2. The zero-order valence-electron chi connectivity index (χ0n) is 20.9. The number of benzene rings is 3. The molecule has 0 aromatic heterocycles. The lowest BCUT2D eigenvalue weighted by Gasteiger charge is -2.35. The van der Waals surface area contributed by atoms with Crippen LogP contribution < -0.4 is 14.4 Å². The minimum Gasteiger partial charge on any atom is -0.454 e. The summed E-state index contributed by atoms with van der Waals surface area (Å²) in [6.07, 6.45) is 1.82. The van der Waals surface area contributed by atoms with Crippen LogP contribution in [0.25, 0.3) is 6.08 Å². The van der Waals surface area contributed by atoms with Crippen LogP contribution in [0.1, 0.15) is 21.5 Å². The molecule has 0 radical (unpaired) electrons. The number of rotatable bonds is 4. The van der Waals surface area contributed by atoms with Crippen LogP contribution in [-0.4, -0.2) is 61.6 Å². The number of likely N-dealkylation sites (N-methyl/N-ethyl adjacent to an activating group) is 1. The second-order valence-electron chi connectivity index (χ2n) is 9.43. The van der Waals surface area contributed by atoms with Gasteiger partial charge in [0.05, 0.1) is 10.6 Å². The summed E-state index contributed by atoms with van der Waals surface area (Å²) in [6.45, 7) is 3.94. The van der Waals surface area contributed by atoms with Crippen LogP contribution in [0.3, 0.4) is 0 Å². The first kappa shape index (κ1) is 24.9. The van der Waals surface area contributed by atoms with Crippen LogP contribution in [0.15, 0.2) is 70.5 Å². The van der Waals surface area contributed by atoms with Crippen molar-refractivity contribution in [3.63, 3.8) is 0 Å². The molecule has 1 saturated heterocycles. The van der Waals surface area contributed by atoms with Crippen molar-refractivity contribution in [1.82, 2.24) is 9.80 Å². The Balaban J connectivity index is 1.12. The van der Waals surface area contributed by atoms with Crippen molar-refractivity contribution >= 4 is 46.9 Å². The van der Waals surface area contributed by atoms with E-state index in [4.69, 9.17) is 21.1 Å². The molecule has 0 aliphatic carbocycles. The van der Waals surface area contributed by atoms with Gasteiger partial charge in [0.25, 0.3) is 11.8 Å². The van der Waals surface area contributed by atoms with E-state index in [1.165, 1.54) is 11.8 Å². The molecule has 7 nitrogen and oxygen atoms in total. The second kappa shape index (κ2) is 10.4. The number of hydrogen-bond acceptors (Lipinski definition) is 6. The Kier molecular flexibility index (Phi) is 6.78. The van der Waals surface area contributed by atoms with E-state index in [2.05, 4.69) is 11.0 Å². The molecule has 38 heavy (non-hydrogen) atoms. The Bertz CT molecular complexity index is 1450. The van der Waals surface area contributed by atoms with Crippen LogP contribution in [0.2, 0.25) is 5.02 Å². The summed E-state index contributed by atoms with van der Waals surface area (Å²) in [5.41, 5.74) is 3.29. The van der Waals surface area contributed by atoms with E-state index in [1.807, 2.05) is 59.5 Å². The van der Waals surface area contributed by atoms with Gasteiger partial charge in [-0.15, -0.1) is 0 Å². The molecule has 3 aliphatic rings. The molecule has 9 heteroatoms. The van der Waals surface area contributed by atoms with Gasteiger partial charge >= 0.3 is 0 Å². The fraction of sp³-hybridized carbons (Fsp3) is 0.241. The van der Waals surface area contributed by atoms with Crippen LogP contribution in [0.4, 0.5) is 5.69 Å². The molecule has 0 atom stereocenters. The first-order chi connectivity index (χ1) is 18.5. The molecule has 3 aromatic rings. The number of thioether (sulfide) groups is 1. The summed E-state index contributed by atoms with van der Waals surface area (Å²) >= 11 is 7.69. The van der Waals surface area contributed by atoms with Gasteiger partial charge in [0.1, 0.15) is 0 Å². The van der Waals surface area contributed by atoms with Gasteiger partial charge in [0, 0.05) is 55.3 Å². The Hall–Kier alpha value is -3.46. The van der Waals surface area contributed by atoms with Gasteiger partial charge in [-0.25, -0.2) is 0 Å². The maximum atomic E-state index is 13.4. The highest BCUT2D eigenvalue weighted by molar-refractivity contribution is 8.04. The molecule has 1 fully saturated rings. The van der Waals surface area contributed by atoms with E-state index in [9.17, 15) is 9.59 Å². The molecule has 0 unspecified atom stereocenters. The lowest BCUT2D eigenvalue weighted by molar-refractivity contribution is -0.114. The van der Waals surface area contributed by atoms with Gasteiger partial charge in [-0.3, -0.25) is 14.5 Å². The predicted octanol–water partition coefficient (Wildman–Crippen LogP) is 5.14. The summed E-state index contributed by atoms with van der Waals surface area (Å²) in [7, 11) is 1.74. The van der Waals surface area contributed by atoms with Gasteiger partial charge < -0.3 is 19.3 Å². The smallest absolute Gasteiger partial charge is 0.264 e. The van der Waals surface area contributed by atoms with Crippen LogP contribution in [0.5, 0.6) is 11.5 Å². The number of amides is 2. The van der Waals surface area contributed by atoms with Crippen molar-refractivity contribution in [3.05, 3.63) is 87.3 Å². The van der Waals surface area contributed by atoms with E-state index in [-0.39, 0.29) is 18.6 Å². The quantitative estimate of drug-likeness (QED) is 0.422. The first-order valence-electron chi connectivity index (χ1n) is 12.4. The van der Waals surface area contributed by atoms with Crippen LogP contribution in [0, 0.1) is 0 Å².